The van der Waals surface area contributed by atoms with Crippen molar-refractivity contribution in [3.8, 4) is 5.82 Å². The van der Waals surface area contributed by atoms with Gasteiger partial charge >= 0.3 is 6.18 Å². The number of alkyl halides is 5. The molecule has 4 rings (SSSR count). The minimum atomic E-state index is -4.64. The van der Waals surface area contributed by atoms with E-state index in [-0.39, 0.29) is 22.9 Å². The standard InChI is InChI=1S/C20H19F6N7O/c1-11-3-14(20(24,25)26)31-33(11)7-16(34)30-12-4-13(21)17(27-5-12)32-6-15(28-10-32)18(2)8-19(22,23)9-29-18/h3-6,10,29H,7-9H2,1-2H3,(H,30,34)/t18-/m1/s1. The highest BCUT2D eigenvalue weighted by atomic mass is 19.4. The molecule has 8 nitrogen and oxygen atoms in total. The molecule has 1 aliphatic heterocycles. The number of carbonyl (C=O) groups is 1. The Hall–Kier alpha value is -3.42. The first-order valence-electron chi connectivity index (χ1n) is 10.0. The summed E-state index contributed by atoms with van der Waals surface area (Å²) in [6.45, 7) is 1.93. The third-order valence-electron chi connectivity index (χ3n) is 5.41. The minimum Gasteiger partial charge on any atom is -0.323 e. The Kier molecular flexibility index (Phi) is 5.66. The summed E-state index contributed by atoms with van der Waals surface area (Å²) in [4.78, 5) is 20.3. The lowest BCUT2D eigenvalue weighted by Crippen LogP contribution is -2.33. The number of pyridine rings is 1. The highest BCUT2D eigenvalue weighted by Gasteiger charge is 2.48. The monoisotopic (exact) mass is 487 g/mol. The topological polar surface area (TPSA) is 89.7 Å². The first-order chi connectivity index (χ1) is 15.8. The molecular weight excluding hydrogens is 468 g/mol. The van der Waals surface area contributed by atoms with Crippen molar-refractivity contribution in [3.63, 3.8) is 0 Å². The minimum absolute atomic E-state index is 0.0310. The van der Waals surface area contributed by atoms with Gasteiger partial charge in [-0.1, -0.05) is 0 Å². The second-order valence-corrected chi connectivity index (χ2v) is 8.29. The zero-order valence-electron chi connectivity index (χ0n) is 17.9. The Labute approximate surface area is 189 Å². The van der Waals surface area contributed by atoms with Gasteiger partial charge in [0.1, 0.15) is 12.9 Å². The van der Waals surface area contributed by atoms with E-state index in [1.807, 2.05) is 0 Å². The summed E-state index contributed by atoms with van der Waals surface area (Å²) in [7, 11) is 0. The van der Waals surface area contributed by atoms with Crippen molar-refractivity contribution in [3.05, 3.63) is 53.8 Å². The third kappa shape index (κ3) is 4.76. The molecular formula is C20H19F6N7O. The lowest BCUT2D eigenvalue weighted by molar-refractivity contribution is -0.141. The van der Waals surface area contributed by atoms with Gasteiger partial charge in [0, 0.05) is 24.4 Å². The molecule has 0 saturated carbocycles. The number of nitrogens with one attached hydrogen (secondary N) is 2. The summed E-state index contributed by atoms with van der Waals surface area (Å²) in [5.41, 5.74) is -1.83. The van der Waals surface area contributed by atoms with Gasteiger partial charge in [-0.3, -0.25) is 14.0 Å². The number of hydrogen-bond donors (Lipinski definition) is 2. The van der Waals surface area contributed by atoms with E-state index in [1.165, 1.54) is 24.0 Å². The number of amides is 1. The summed E-state index contributed by atoms with van der Waals surface area (Å²) in [6.07, 6.45) is -1.33. The molecule has 34 heavy (non-hydrogen) atoms. The molecule has 0 unspecified atom stereocenters. The molecule has 0 bridgehead atoms. The number of rotatable bonds is 5. The lowest BCUT2D eigenvalue weighted by Gasteiger charge is -2.21. The van der Waals surface area contributed by atoms with E-state index in [0.29, 0.717) is 0 Å². The van der Waals surface area contributed by atoms with Crippen molar-refractivity contribution in [2.24, 2.45) is 0 Å². The highest BCUT2D eigenvalue weighted by molar-refractivity contribution is 5.90. The molecule has 0 aromatic carbocycles. The lowest BCUT2D eigenvalue weighted by atomic mass is 9.95. The number of carbonyl (C=O) groups excluding carboxylic acids is 1. The van der Waals surface area contributed by atoms with E-state index in [0.717, 1.165) is 23.0 Å². The largest absolute Gasteiger partial charge is 0.435 e. The second-order valence-electron chi connectivity index (χ2n) is 8.29. The van der Waals surface area contributed by atoms with Crippen molar-refractivity contribution < 1.29 is 31.1 Å². The maximum Gasteiger partial charge on any atom is 0.435 e. The van der Waals surface area contributed by atoms with E-state index in [2.05, 4.69) is 25.7 Å². The molecule has 3 aromatic heterocycles. The SMILES string of the molecule is Cc1cc(C(F)(F)F)nn1CC(=O)Nc1cnc(-n2cnc([C@@]3(C)CC(F)(F)CN3)c2)c(F)c1. The van der Waals surface area contributed by atoms with Gasteiger partial charge in [0.15, 0.2) is 17.3 Å². The molecule has 0 radical (unpaired) electrons. The second kappa shape index (κ2) is 8.11. The van der Waals surface area contributed by atoms with Crippen molar-refractivity contribution in [2.45, 2.75) is 44.5 Å². The molecule has 14 heteroatoms. The van der Waals surface area contributed by atoms with E-state index >= 15 is 0 Å². The van der Waals surface area contributed by atoms with Gasteiger partial charge in [0.05, 0.1) is 29.7 Å². The molecule has 1 aliphatic rings. The summed E-state index contributed by atoms with van der Waals surface area (Å²) in [5, 5.41) is 8.44. The van der Waals surface area contributed by atoms with Gasteiger partial charge in [0.25, 0.3) is 5.92 Å². The van der Waals surface area contributed by atoms with Gasteiger partial charge in [-0.2, -0.15) is 18.3 Å². The Morgan fingerprint density at radius 3 is 2.59 bits per heavy atom. The van der Waals surface area contributed by atoms with Crippen LogP contribution in [-0.2, 0) is 23.1 Å². The number of aromatic nitrogens is 5. The number of anilines is 1. The van der Waals surface area contributed by atoms with Crippen LogP contribution in [0.15, 0.2) is 30.9 Å². The highest BCUT2D eigenvalue weighted by Crippen LogP contribution is 2.38. The maximum atomic E-state index is 14.7. The zero-order valence-corrected chi connectivity index (χ0v) is 17.9. The Balaban J connectivity index is 1.46. The average Bonchev–Trinajstić information content (AvgIpc) is 3.40. The molecule has 182 valence electrons. The van der Waals surface area contributed by atoms with Gasteiger partial charge < -0.3 is 10.6 Å². The van der Waals surface area contributed by atoms with Crippen LogP contribution in [0.2, 0.25) is 0 Å². The van der Waals surface area contributed by atoms with Gasteiger partial charge in [0.2, 0.25) is 5.91 Å². The van der Waals surface area contributed by atoms with Crippen molar-refractivity contribution in [1.82, 2.24) is 29.6 Å². The van der Waals surface area contributed by atoms with E-state index in [1.54, 1.807) is 6.92 Å². The number of aryl methyl sites for hydroxylation is 1. The van der Waals surface area contributed by atoms with Crippen LogP contribution in [0.4, 0.5) is 32.0 Å². The summed E-state index contributed by atoms with van der Waals surface area (Å²) in [5.74, 6) is -4.64. The molecule has 1 saturated heterocycles. The molecule has 2 N–H and O–H groups in total. The van der Waals surface area contributed by atoms with Crippen molar-refractivity contribution in [2.75, 3.05) is 11.9 Å². The Morgan fingerprint density at radius 2 is 2.00 bits per heavy atom. The number of nitrogens with zero attached hydrogens (tertiary/aromatic N) is 5. The number of imidazole rings is 1. The predicted octanol–water partition coefficient (Wildman–Crippen LogP) is 3.41. The van der Waals surface area contributed by atoms with Gasteiger partial charge in [-0.15, -0.1) is 0 Å². The van der Waals surface area contributed by atoms with Crippen LogP contribution >= 0.6 is 0 Å². The molecule has 0 aliphatic carbocycles. The van der Waals surface area contributed by atoms with Crippen molar-refractivity contribution >= 4 is 11.6 Å². The zero-order chi connectivity index (χ0) is 24.9. The fraction of sp³-hybridized carbons (Fsp3) is 0.400. The Morgan fingerprint density at radius 1 is 1.26 bits per heavy atom. The predicted molar refractivity (Wildman–Crippen MR) is 107 cm³/mol. The van der Waals surface area contributed by atoms with Gasteiger partial charge in [-0.25, -0.2) is 23.1 Å². The summed E-state index contributed by atoms with van der Waals surface area (Å²) < 4.78 is 82.3. The van der Waals surface area contributed by atoms with Crippen LogP contribution in [0.1, 0.15) is 30.4 Å². The van der Waals surface area contributed by atoms with Crippen LogP contribution in [0, 0.1) is 12.7 Å². The van der Waals surface area contributed by atoms with E-state index in [9.17, 15) is 31.1 Å². The molecule has 0 spiro atoms. The van der Waals surface area contributed by atoms with E-state index in [4.69, 9.17) is 0 Å². The molecule has 1 amide bonds. The van der Waals surface area contributed by atoms with Crippen LogP contribution in [-0.4, -0.2) is 42.7 Å². The first-order valence-corrected chi connectivity index (χ1v) is 10.0. The average molecular weight is 487 g/mol. The molecule has 3 aromatic rings. The maximum absolute atomic E-state index is 14.7. The quantitative estimate of drug-likeness (QED) is 0.539. The normalized spacial score (nSPS) is 20.0. The smallest absolute Gasteiger partial charge is 0.323 e. The molecule has 1 atom stereocenters. The van der Waals surface area contributed by atoms with Crippen LogP contribution in [0.25, 0.3) is 5.82 Å². The number of halogens is 6. The van der Waals surface area contributed by atoms with Crippen LogP contribution < -0.4 is 10.6 Å². The Bertz CT molecular complexity index is 1230. The number of hydrogen-bond acceptors (Lipinski definition) is 5. The third-order valence-corrected chi connectivity index (χ3v) is 5.41. The first kappa shape index (κ1) is 23.7. The summed E-state index contributed by atoms with van der Waals surface area (Å²) in [6, 6.07) is 1.78. The van der Waals surface area contributed by atoms with Gasteiger partial charge in [-0.05, 0) is 19.9 Å². The fourth-order valence-electron chi connectivity index (χ4n) is 3.71. The summed E-state index contributed by atoms with van der Waals surface area (Å²) >= 11 is 0. The fourth-order valence-corrected chi connectivity index (χ4v) is 3.71. The molecule has 4 heterocycles. The van der Waals surface area contributed by atoms with Crippen LogP contribution in [0.5, 0.6) is 0 Å². The molecule has 1 fully saturated rings. The van der Waals surface area contributed by atoms with Crippen molar-refractivity contribution in [1.29, 1.82) is 0 Å². The van der Waals surface area contributed by atoms with E-state index < -0.39 is 54.6 Å². The van der Waals surface area contributed by atoms with Crippen LogP contribution in [0.3, 0.4) is 0 Å².